The third kappa shape index (κ3) is 9.47. The molecule has 0 bridgehead atoms. The van der Waals surface area contributed by atoms with E-state index in [2.05, 4.69) is 10.6 Å². The van der Waals surface area contributed by atoms with E-state index in [1.165, 1.54) is 25.0 Å². The van der Waals surface area contributed by atoms with Crippen molar-refractivity contribution in [2.75, 3.05) is 23.7 Å². The molecule has 3 aromatic rings. The van der Waals surface area contributed by atoms with Crippen LogP contribution in [0, 0.1) is 35.1 Å². The number of carbonyl (C=O) groups is 2. The summed E-state index contributed by atoms with van der Waals surface area (Å²) in [6.07, 6.45) is 10.8. The standard InChI is InChI=1S/C36H42F4N4O2/c37-29-14-16-33(31(39)19-29)41-35(45)43(21-25-8-3-1-4-9-25)23-27-12-7-13-28(18-27)24-44(22-26-10-5-2-6-11-26)36(46)42-34-17-15-30(38)20-32(34)40/h7,12-20,25-26H,1-6,8-11,21-24H2,(H,41,45)(H,42,46). The molecule has 5 rings (SSSR count). The van der Waals surface area contributed by atoms with Gasteiger partial charge in [-0.05, 0) is 72.9 Å². The van der Waals surface area contributed by atoms with Gasteiger partial charge in [-0.25, -0.2) is 27.2 Å². The zero-order valence-corrected chi connectivity index (χ0v) is 26.1. The SMILES string of the molecule is O=C(Nc1ccc(F)cc1F)N(Cc1cccc(CN(CC2CCCCC2)C(=O)Nc2ccc(F)cc2F)c1)CC1CCCCC1. The maximum Gasteiger partial charge on any atom is 0.322 e. The van der Waals surface area contributed by atoms with Gasteiger partial charge in [-0.15, -0.1) is 0 Å². The molecule has 0 saturated heterocycles. The minimum absolute atomic E-state index is 0.0873. The average molecular weight is 639 g/mol. The highest BCUT2D eigenvalue weighted by Crippen LogP contribution is 2.28. The normalized spacial score (nSPS) is 15.7. The Morgan fingerprint density at radius 1 is 0.587 bits per heavy atom. The molecule has 2 aliphatic carbocycles. The summed E-state index contributed by atoms with van der Waals surface area (Å²) in [6.45, 7) is 1.51. The summed E-state index contributed by atoms with van der Waals surface area (Å²) in [7, 11) is 0. The first-order valence-corrected chi connectivity index (χ1v) is 16.3. The summed E-state index contributed by atoms with van der Waals surface area (Å²) in [5, 5.41) is 5.23. The van der Waals surface area contributed by atoms with Crippen LogP contribution in [0.1, 0.15) is 75.3 Å². The predicted molar refractivity (Wildman–Crippen MR) is 171 cm³/mol. The van der Waals surface area contributed by atoms with Crippen LogP contribution in [0.5, 0.6) is 0 Å². The molecule has 2 saturated carbocycles. The number of anilines is 2. The van der Waals surface area contributed by atoms with Gasteiger partial charge in [0.15, 0.2) is 0 Å². The van der Waals surface area contributed by atoms with Crippen LogP contribution in [0.25, 0.3) is 0 Å². The second-order valence-corrected chi connectivity index (χ2v) is 12.7. The van der Waals surface area contributed by atoms with Crippen LogP contribution in [0.4, 0.5) is 38.5 Å². The predicted octanol–water partition coefficient (Wildman–Crippen LogP) is 9.47. The lowest BCUT2D eigenvalue weighted by Crippen LogP contribution is -2.39. The van der Waals surface area contributed by atoms with E-state index < -0.39 is 35.3 Å². The number of hydrogen-bond donors (Lipinski definition) is 2. The van der Waals surface area contributed by atoms with E-state index in [1.807, 2.05) is 24.3 Å². The highest BCUT2D eigenvalue weighted by molar-refractivity contribution is 5.90. The lowest BCUT2D eigenvalue weighted by Gasteiger charge is -2.31. The monoisotopic (exact) mass is 638 g/mol. The summed E-state index contributed by atoms with van der Waals surface area (Å²) in [4.78, 5) is 30.3. The van der Waals surface area contributed by atoms with Crippen molar-refractivity contribution >= 4 is 23.4 Å². The van der Waals surface area contributed by atoms with E-state index in [-0.39, 0.29) is 24.5 Å². The van der Waals surface area contributed by atoms with Crippen LogP contribution < -0.4 is 10.6 Å². The van der Waals surface area contributed by atoms with Crippen molar-refractivity contribution in [3.05, 3.63) is 95.1 Å². The van der Waals surface area contributed by atoms with Crippen LogP contribution in [0.15, 0.2) is 60.7 Å². The zero-order valence-electron chi connectivity index (χ0n) is 26.1. The Hall–Kier alpha value is -4.08. The molecule has 0 atom stereocenters. The molecule has 46 heavy (non-hydrogen) atoms. The van der Waals surface area contributed by atoms with Gasteiger partial charge in [0, 0.05) is 38.3 Å². The topological polar surface area (TPSA) is 64.7 Å². The number of amides is 4. The number of nitrogens with zero attached hydrogens (tertiary/aromatic N) is 2. The van der Waals surface area contributed by atoms with Gasteiger partial charge in [-0.1, -0.05) is 62.8 Å². The van der Waals surface area contributed by atoms with Crippen molar-refractivity contribution in [2.45, 2.75) is 77.3 Å². The van der Waals surface area contributed by atoms with Crippen molar-refractivity contribution in [1.29, 1.82) is 0 Å². The Bertz CT molecular complexity index is 1380. The van der Waals surface area contributed by atoms with E-state index in [0.29, 0.717) is 24.9 Å². The fourth-order valence-corrected chi connectivity index (χ4v) is 6.64. The molecule has 246 valence electrons. The number of hydrogen-bond acceptors (Lipinski definition) is 2. The van der Waals surface area contributed by atoms with Gasteiger partial charge in [-0.2, -0.15) is 0 Å². The van der Waals surface area contributed by atoms with Crippen LogP contribution >= 0.6 is 0 Å². The lowest BCUT2D eigenvalue weighted by molar-refractivity contribution is 0.186. The smallest absolute Gasteiger partial charge is 0.320 e. The molecule has 4 amide bonds. The Morgan fingerprint density at radius 3 is 1.39 bits per heavy atom. The highest BCUT2D eigenvalue weighted by atomic mass is 19.1. The van der Waals surface area contributed by atoms with E-state index in [9.17, 15) is 27.2 Å². The molecular formula is C36H42F4N4O2. The molecule has 2 fully saturated rings. The lowest BCUT2D eigenvalue weighted by atomic mass is 9.89. The number of nitrogens with one attached hydrogen (secondary N) is 2. The van der Waals surface area contributed by atoms with E-state index in [4.69, 9.17) is 0 Å². The zero-order chi connectivity index (χ0) is 32.5. The fourth-order valence-electron chi connectivity index (χ4n) is 6.64. The third-order valence-electron chi connectivity index (χ3n) is 9.06. The molecule has 0 heterocycles. The first-order chi connectivity index (χ1) is 22.2. The molecule has 10 heteroatoms. The number of benzene rings is 3. The number of urea groups is 2. The average Bonchev–Trinajstić information content (AvgIpc) is 3.04. The number of rotatable bonds is 10. The van der Waals surface area contributed by atoms with E-state index in [1.54, 1.807) is 9.80 Å². The van der Waals surface area contributed by atoms with Crippen molar-refractivity contribution < 1.29 is 27.2 Å². The van der Waals surface area contributed by atoms with Crippen molar-refractivity contribution in [1.82, 2.24) is 9.80 Å². The van der Waals surface area contributed by atoms with Crippen molar-refractivity contribution in [2.24, 2.45) is 11.8 Å². The van der Waals surface area contributed by atoms with Gasteiger partial charge in [0.1, 0.15) is 23.3 Å². The van der Waals surface area contributed by atoms with Gasteiger partial charge in [0.2, 0.25) is 0 Å². The Labute approximate surface area is 268 Å². The van der Waals surface area contributed by atoms with E-state index in [0.717, 1.165) is 86.8 Å². The third-order valence-corrected chi connectivity index (χ3v) is 9.06. The fraction of sp³-hybridized carbons (Fsp3) is 0.444. The summed E-state index contributed by atoms with van der Waals surface area (Å²) in [5.74, 6) is -2.49. The van der Waals surface area contributed by atoms with Gasteiger partial charge >= 0.3 is 12.1 Å². The quantitative estimate of drug-likeness (QED) is 0.217. The summed E-state index contributed by atoms with van der Waals surface area (Å²) < 4.78 is 55.7. The van der Waals surface area contributed by atoms with Crippen LogP contribution in [0.3, 0.4) is 0 Å². The van der Waals surface area contributed by atoms with Crippen molar-refractivity contribution in [3.63, 3.8) is 0 Å². The molecule has 6 nitrogen and oxygen atoms in total. The first kappa shape index (κ1) is 33.3. The van der Waals surface area contributed by atoms with E-state index >= 15 is 0 Å². The molecule has 2 N–H and O–H groups in total. The number of carbonyl (C=O) groups excluding carboxylic acids is 2. The van der Waals surface area contributed by atoms with Gasteiger partial charge < -0.3 is 20.4 Å². The Kier molecular flexibility index (Phi) is 11.5. The molecule has 3 aromatic carbocycles. The highest BCUT2D eigenvalue weighted by Gasteiger charge is 2.24. The number of halogens is 4. The molecule has 0 radical (unpaired) electrons. The summed E-state index contributed by atoms with van der Waals surface area (Å²) in [5.41, 5.74) is 1.50. The Morgan fingerprint density at radius 2 is 1.00 bits per heavy atom. The molecule has 0 aliphatic heterocycles. The molecule has 0 aromatic heterocycles. The van der Waals surface area contributed by atoms with Gasteiger partial charge in [-0.3, -0.25) is 0 Å². The molecule has 2 aliphatic rings. The van der Waals surface area contributed by atoms with Crippen molar-refractivity contribution in [3.8, 4) is 0 Å². The largest absolute Gasteiger partial charge is 0.322 e. The van der Waals surface area contributed by atoms with Crippen LogP contribution in [0.2, 0.25) is 0 Å². The maximum atomic E-state index is 14.4. The molecule has 0 unspecified atom stereocenters. The van der Waals surface area contributed by atoms with Crippen LogP contribution in [-0.2, 0) is 13.1 Å². The minimum atomic E-state index is -0.843. The maximum absolute atomic E-state index is 14.4. The van der Waals surface area contributed by atoms with Gasteiger partial charge in [0.25, 0.3) is 0 Å². The second-order valence-electron chi connectivity index (χ2n) is 12.7. The first-order valence-electron chi connectivity index (χ1n) is 16.3. The minimum Gasteiger partial charge on any atom is -0.320 e. The molecule has 0 spiro atoms. The summed E-state index contributed by atoms with van der Waals surface area (Å²) in [6, 6.07) is 12.8. The summed E-state index contributed by atoms with van der Waals surface area (Å²) >= 11 is 0. The molecular weight excluding hydrogens is 596 g/mol. The Balaban J connectivity index is 1.33. The van der Waals surface area contributed by atoms with Gasteiger partial charge in [0.05, 0.1) is 11.4 Å². The van der Waals surface area contributed by atoms with Crippen LogP contribution in [-0.4, -0.2) is 35.0 Å². The second kappa shape index (κ2) is 16.0.